The number of carboxylic acid groups (broad SMARTS) is 1. The maximum Gasteiger partial charge on any atom is 0.335 e. The first-order valence-corrected chi connectivity index (χ1v) is 10.4. The van der Waals surface area contributed by atoms with Crippen LogP contribution >= 0.6 is 24.0 Å². The quantitative estimate of drug-likeness (QED) is 0.430. The highest BCUT2D eigenvalue weighted by Crippen LogP contribution is 2.34. The number of hydrogen-bond donors (Lipinski definition) is 1. The number of hydrogen-bond acceptors (Lipinski definition) is 5. The van der Waals surface area contributed by atoms with Gasteiger partial charge in [0.05, 0.1) is 17.0 Å². The highest BCUT2D eigenvalue weighted by Gasteiger charge is 2.32. The van der Waals surface area contributed by atoms with Gasteiger partial charge in [-0.1, -0.05) is 65.9 Å². The number of carboxylic acids is 1. The molecule has 0 radical (unpaired) electrons. The minimum absolute atomic E-state index is 0.144. The molecule has 1 aliphatic heterocycles. The van der Waals surface area contributed by atoms with Crippen LogP contribution in [0.1, 0.15) is 27.2 Å². The summed E-state index contributed by atoms with van der Waals surface area (Å²) in [5, 5.41) is 9.00. The smallest absolute Gasteiger partial charge is 0.335 e. The summed E-state index contributed by atoms with van der Waals surface area (Å²) in [6.07, 6.45) is 1.68. The molecule has 1 amide bonds. The number of aromatic carboxylic acids is 1. The molecular formula is C23H17NO4S2. The molecule has 0 bridgehead atoms. The maximum absolute atomic E-state index is 12.8. The Morgan fingerprint density at radius 2 is 1.80 bits per heavy atom. The highest BCUT2D eigenvalue weighted by molar-refractivity contribution is 8.26. The van der Waals surface area contributed by atoms with Gasteiger partial charge in [-0.25, -0.2) is 4.79 Å². The lowest BCUT2D eigenvalue weighted by Gasteiger charge is -2.14. The van der Waals surface area contributed by atoms with E-state index in [-0.39, 0.29) is 11.5 Å². The number of benzene rings is 2. The predicted molar refractivity (Wildman–Crippen MR) is 121 cm³/mol. The number of thiocarbonyl (C=S) groups is 1. The van der Waals surface area contributed by atoms with E-state index in [1.54, 1.807) is 35.2 Å². The van der Waals surface area contributed by atoms with E-state index < -0.39 is 5.97 Å². The van der Waals surface area contributed by atoms with Crippen LogP contribution in [0.5, 0.6) is 0 Å². The van der Waals surface area contributed by atoms with E-state index in [4.69, 9.17) is 21.7 Å². The van der Waals surface area contributed by atoms with E-state index in [1.807, 2.05) is 31.2 Å². The molecule has 4 rings (SSSR count). The molecule has 0 saturated carbocycles. The zero-order chi connectivity index (χ0) is 21.3. The van der Waals surface area contributed by atoms with Crippen LogP contribution in [0.15, 0.2) is 70.0 Å². The summed E-state index contributed by atoms with van der Waals surface area (Å²) in [5.41, 5.74) is 3.15. The van der Waals surface area contributed by atoms with Crippen LogP contribution in [-0.2, 0) is 11.3 Å². The maximum atomic E-state index is 12.8. The van der Waals surface area contributed by atoms with Crippen LogP contribution < -0.4 is 0 Å². The Kier molecular flexibility index (Phi) is 5.57. The molecule has 2 heterocycles. The fourth-order valence-electron chi connectivity index (χ4n) is 3.00. The second-order valence-electron chi connectivity index (χ2n) is 6.84. The summed E-state index contributed by atoms with van der Waals surface area (Å²) in [5.74, 6) is 0.000143. The molecule has 5 nitrogen and oxygen atoms in total. The number of amides is 1. The normalized spacial score (nSPS) is 15.2. The molecule has 2 aromatic carbocycles. The van der Waals surface area contributed by atoms with Crippen molar-refractivity contribution >= 4 is 46.3 Å². The minimum Gasteiger partial charge on any atom is -0.478 e. The Labute approximate surface area is 183 Å². The van der Waals surface area contributed by atoms with Crippen molar-refractivity contribution in [3.63, 3.8) is 0 Å². The van der Waals surface area contributed by atoms with Gasteiger partial charge in [0.1, 0.15) is 15.8 Å². The lowest BCUT2D eigenvalue weighted by atomic mass is 10.1. The lowest BCUT2D eigenvalue weighted by Crippen LogP contribution is -2.27. The van der Waals surface area contributed by atoms with Gasteiger partial charge < -0.3 is 9.52 Å². The number of thioether (sulfide) groups is 1. The zero-order valence-electron chi connectivity index (χ0n) is 16.0. The van der Waals surface area contributed by atoms with E-state index in [1.165, 1.54) is 23.9 Å². The molecule has 1 saturated heterocycles. The molecule has 0 aliphatic carbocycles. The van der Waals surface area contributed by atoms with Gasteiger partial charge in [0, 0.05) is 11.6 Å². The second kappa shape index (κ2) is 8.30. The fraction of sp³-hybridized carbons (Fsp3) is 0.0870. The molecule has 0 atom stereocenters. The van der Waals surface area contributed by atoms with Gasteiger partial charge in [0.2, 0.25) is 0 Å². The molecule has 1 fully saturated rings. The first-order valence-electron chi connectivity index (χ1n) is 9.15. The van der Waals surface area contributed by atoms with Crippen molar-refractivity contribution in [3.05, 3.63) is 88.0 Å². The highest BCUT2D eigenvalue weighted by atomic mass is 32.2. The zero-order valence-corrected chi connectivity index (χ0v) is 17.6. The Bertz CT molecular complexity index is 1160. The third-order valence-corrected chi connectivity index (χ3v) is 6.03. The van der Waals surface area contributed by atoms with Gasteiger partial charge in [-0.15, -0.1) is 0 Å². The molecule has 7 heteroatoms. The van der Waals surface area contributed by atoms with Crippen molar-refractivity contribution in [2.75, 3.05) is 0 Å². The van der Waals surface area contributed by atoms with Crippen LogP contribution in [0.2, 0.25) is 0 Å². The molecule has 0 spiro atoms. The van der Waals surface area contributed by atoms with Crippen LogP contribution in [0.25, 0.3) is 17.4 Å². The van der Waals surface area contributed by atoms with E-state index in [2.05, 4.69) is 0 Å². The second-order valence-corrected chi connectivity index (χ2v) is 8.51. The van der Waals surface area contributed by atoms with E-state index in [9.17, 15) is 9.59 Å². The summed E-state index contributed by atoms with van der Waals surface area (Å²) < 4.78 is 6.35. The third kappa shape index (κ3) is 4.22. The predicted octanol–water partition coefficient (Wildman–Crippen LogP) is 5.35. The number of carbonyl (C=O) groups is 2. The number of furan rings is 1. The Hall–Kier alpha value is -3.16. The standard InChI is InChI=1S/C23H17NO4S2/c1-14-2-4-15(5-3-14)13-24-21(25)20(30-23(24)29)12-18-10-11-19(28-18)16-6-8-17(9-7-16)22(26)27/h2-12H,13H2,1H3,(H,26,27)/b20-12-. The third-order valence-electron chi connectivity index (χ3n) is 4.65. The Morgan fingerprint density at radius 3 is 2.47 bits per heavy atom. The van der Waals surface area contributed by atoms with Crippen molar-refractivity contribution in [3.8, 4) is 11.3 Å². The van der Waals surface area contributed by atoms with Crippen LogP contribution in [0.3, 0.4) is 0 Å². The SMILES string of the molecule is Cc1ccc(CN2C(=O)/C(=C/c3ccc(-c4ccc(C(=O)O)cc4)o3)SC2=S)cc1. The molecule has 1 aliphatic rings. The summed E-state index contributed by atoms with van der Waals surface area (Å²) in [6, 6.07) is 18.0. The van der Waals surface area contributed by atoms with Crippen molar-refractivity contribution in [2.24, 2.45) is 0 Å². The number of rotatable bonds is 5. The summed E-state index contributed by atoms with van der Waals surface area (Å²) in [7, 11) is 0. The van der Waals surface area contributed by atoms with Gasteiger partial charge in [-0.05, 0) is 36.8 Å². The number of aryl methyl sites for hydroxylation is 1. The molecule has 1 aromatic heterocycles. The molecule has 0 unspecified atom stereocenters. The number of carbonyl (C=O) groups excluding carboxylic acids is 1. The van der Waals surface area contributed by atoms with Crippen molar-refractivity contribution in [1.82, 2.24) is 4.90 Å². The average molecular weight is 436 g/mol. The van der Waals surface area contributed by atoms with Gasteiger partial charge in [-0.2, -0.15) is 0 Å². The van der Waals surface area contributed by atoms with Crippen molar-refractivity contribution in [2.45, 2.75) is 13.5 Å². The van der Waals surface area contributed by atoms with Crippen LogP contribution in [0.4, 0.5) is 0 Å². The Balaban J connectivity index is 1.51. The molecule has 1 N–H and O–H groups in total. The minimum atomic E-state index is -0.977. The fourth-order valence-corrected chi connectivity index (χ4v) is 4.24. The van der Waals surface area contributed by atoms with Crippen LogP contribution in [0, 0.1) is 6.92 Å². The topological polar surface area (TPSA) is 70.8 Å². The average Bonchev–Trinajstić information content (AvgIpc) is 3.30. The first-order chi connectivity index (χ1) is 14.4. The summed E-state index contributed by atoms with van der Waals surface area (Å²) in [6.45, 7) is 2.45. The summed E-state index contributed by atoms with van der Waals surface area (Å²) >= 11 is 6.65. The Morgan fingerprint density at radius 1 is 1.10 bits per heavy atom. The molecule has 30 heavy (non-hydrogen) atoms. The van der Waals surface area contributed by atoms with Crippen LogP contribution in [-0.4, -0.2) is 26.2 Å². The number of nitrogens with zero attached hydrogens (tertiary/aromatic N) is 1. The largest absolute Gasteiger partial charge is 0.478 e. The molecular weight excluding hydrogens is 418 g/mol. The van der Waals surface area contributed by atoms with Crippen molar-refractivity contribution in [1.29, 1.82) is 0 Å². The lowest BCUT2D eigenvalue weighted by molar-refractivity contribution is -0.122. The van der Waals surface area contributed by atoms with Gasteiger partial charge in [0.15, 0.2) is 0 Å². The molecule has 3 aromatic rings. The summed E-state index contributed by atoms with van der Waals surface area (Å²) in [4.78, 5) is 25.9. The van der Waals surface area contributed by atoms with E-state index >= 15 is 0 Å². The van der Waals surface area contributed by atoms with E-state index in [0.29, 0.717) is 27.3 Å². The van der Waals surface area contributed by atoms with Gasteiger partial charge in [0.25, 0.3) is 5.91 Å². The molecule has 150 valence electrons. The first kappa shape index (κ1) is 20.1. The van der Waals surface area contributed by atoms with Crippen molar-refractivity contribution < 1.29 is 19.1 Å². The van der Waals surface area contributed by atoms with Gasteiger partial charge in [-0.3, -0.25) is 9.69 Å². The van der Waals surface area contributed by atoms with Gasteiger partial charge >= 0.3 is 5.97 Å². The van der Waals surface area contributed by atoms with E-state index in [0.717, 1.165) is 16.7 Å². The monoisotopic (exact) mass is 435 g/mol.